The summed E-state index contributed by atoms with van der Waals surface area (Å²) in [6.45, 7) is 4.13. The first-order valence-corrected chi connectivity index (χ1v) is 6.12. The Morgan fingerprint density at radius 1 is 1.32 bits per heavy atom. The molecule has 0 atom stereocenters. The van der Waals surface area contributed by atoms with Gasteiger partial charge in [-0.3, -0.25) is 9.78 Å². The van der Waals surface area contributed by atoms with Gasteiger partial charge in [0.1, 0.15) is 0 Å². The number of Topliss-reactive ketones (excluding diaryl/α,β-unsaturated/α-hetero) is 1. The second-order valence-electron chi connectivity index (χ2n) is 4.52. The number of nitrogens with one attached hydrogen (secondary N) is 1. The van der Waals surface area contributed by atoms with Gasteiger partial charge in [-0.1, -0.05) is 6.07 Å². The van der Waals surface area contributed by atoms with E-state index in [2.05, 4.69) is 10.3 Å². The molecule has 98 valence electrons. The lowest BCUT2D eigenvalue weighted by molar-refractivity contribution is 0.101. The predicted octanol–water partition coefficient (Wildman–Crippen LogP) is 2.79. The van der Waals surface area contributed by atoms with Crippen molar-refractivity contribution in [3.8, 4) is 0 Å². The number of aromatic nitrogens is 1. The van der Waals surface area contributed by atoms with E-state index in [0.717, 1.165) is 16.9 Å². The molecule has 1 aromatic carbocycles. The fourth-order valence-corrected chi connectivity index (χ4v) is 1.78. The second kappa shape index (κ2) is 5.52. The summed E-state index contributed by atoms with van der Waals surface area (Å²) in [5, 5.41) is 3.26. The molecule has 2 aromatic rings. The van der Waals surface area contributed by atoms with E-state index in [4.69, 9.17) is 5.73 Å². The van der Waals surface area contributed by atoms with Crippen molar-refractivity contribution in [2.45, 2.75) is 20.4 Å². The third-order valence-corrected chi connectivity index (χ3v) is 2.90. The van der Waals surface area contributed by atoms with Crippen LogP contribution in [0.15, 0.2) is 36.5 Å². The van der Waals surface area contributed by atoms with Crippen LogP contribution in [0.25, 0.3) is 0 Å². The van der Waals surface area contributed by atoms with Gasteiger partial charge in [0.15, 0.2) is 5.78 Å². The molecule has 19 heavy (non-hydrogen) atoms. The van der Waals surface area contributed by atoms with Gasteiger partial charge in [-0.2, -0.15) is 0 Å². The third-order valence-electron chi connectivity index (χ3n) is 2.90. The molecule has 0 spiro atoms. The number of anilines is 2. The van der Waals surface area contributed by atoms with Crippen molar-refractivity contribution >= 4 is 17.2 Å². The fraction of sp³-hybridized carbons (Fsp3) is 0.200. The topological polar surface area (TPSA) is 68.0 Å². The first-order chi connectivity index (χ1) is 9.06. The Hall–Kier alpha value is -2.36. The largest absolute Gasteiger partial charge is 0.398 e. The minimum absolute atomic E-state index is 0.0295. The maximum Gasteiger partial charge on any atom is 0.161 e. The van der Waals surface area contributed by atoms with Gasteiger partial charge < -0.3 is 11.1 Å². The molecule has 0 aliphatic heterocycles. The van der Waals surface area contributed by atoms with Crippen LogP contribution in [0.4, 0.5) is 11.4 Å². The molecule has 0 radical (unpaired) electrons. The highest BCUT2D eigenvalue weighted by atomic mass is 16.1. The number of carbonyl (C=O) groups excluding carboxylic acids is 1. The van der Waals surface area contributed by atoms with Crippen molar-refractivity contribution in [3.05, 3.63) is 53.3 Å². The van der Waals surface area contributed by atoms with Crippen molar-refractivity contribution in [2.24, 2.45) is 0 Å². The molecule has 0 aliphatic carbocycles. The maximum atomic E-state index is 11.4. The lowest BCUT2D eigenvalue weighted by Gasteiger charge is -2.09. The molecule has 0 aliphatic rings. The highest BCUT2D eigenvalue weighted by Crippen LogP contribution is 2.19. The Bertz CT molecular complexity index is 591. The Labute approximate surface area is 112 Å². The molecule has 1 heterocycles. The van der Waals surface area contributed by atoms with Crippen LogP contribution in [-0.2, 0) is 6.54 Å². The van der Waals surface area contributed by atoms with E-state index in [1.165, 1.54) is 6.92 Å². The predicted molar refractivity (Wildman–Crippen MR) is 77.2 cm³/mol. The molecule has 0 unspecified atom stereocenters. The number of rotatable bonds is 4. The summed E-state index contributed by atoms with van der Waals surface area (Å²) in [7, 11) is 0. The number of nitrogen functional groups attached to an aromatic ring is 1. The first kappa shape index (κ1) is 13.1. The number of pyridine rings is 1. The van der Waals surface area contributed by atoms with E-state index >= 15 is 0 Å². The van der Waals surface area contributed by atoms with Gasteiger partial charge in [0.25, 0.3) is 0 Å². The molecule has 0 saturated heterocycles. The summed E-state index contributed by atoms with van der Waals surface area (Å²) >= 11 is 0. The number of nitrogens with two attached hydrogens (primary N) is 1. The number of hydrogen-bond donors (Lipinski definition) is 2. The van der Waals surface area contributed by atoms with Crippen LogP contribution >= 0.6 is 0 Å². The van der Waals surface area contributed by atoms with Crippen LogP contribution < -0.4 is 11.1 Å². The van der Waals surface area contributed by atoms with E-state index in [9.17, 15) is 4.79 Å². The maximum absolute atomic E-state index is 11.4. The van der Waals surface area contributed by atoms with E-state index in [1.807, 2.05) is 31.3 Å². The molecule has 4 nitrogen and oxygen atoms in total. The van der Waals surface area contributed by atoms with Crippen LogP contribution in [0.5, 0.6) is 0 Å². The van der Waals surface area contributed by atoms with E-state index < -0.39 is 0 Å². The van der Waals surface area contributed by atoms with Gasteiger partial charge in [-0.15, -0.1) is 0 Å². The van der Waals surface area contributed by atoms with Gasteiger partial charge in [0.05, 0.1) is 0 Å². The van der Waals surface area contributed by atoms with E-state index in [-0.39, 0.29) is 5.78 Å². The highest BCUT2D eigenvalue weighted by molar-refractivity contribution is 5.99. The Morgan fingerprint density at radius 3 is 2.74 bits per heavy atom. The standard InChI is InChI=1S/C15H17N3O/c1-10-3-4-12(8-17-10)9-18-13-5-6-15(16)14(7-13)11(2)19/h3-8,18H,9,16H2,1-2H3. The number of carbonyl (C=O) groups is 1. The number of benzene rings is 1. The number of ketones is 1. The van der Waals surface area contributed by atoms with Crippen molar-refractivity contribution in [1.29, 1.82) is 0 Å². The zero-order valence-electron chi connectivity index (χ0n) is 11.1. The SMILES string of the molecule is CC(=O)c1cc(NCc2ccc(C)nc2)ccc1N. The first-order valence-electron chi connectivity index (χ1n) is 6.12. The summed E-state index contributed by atoms with van der Waals surface area (Å²) < 4.78 is 0. The van der Waals surface area contributed by atoms with Crippen molar-refractivity contribution < 1.29 is 4.79 Å². The van der Waals surface area contributed by atoms with Crippen molar-refractivity contribution in [3.63, 3.8) is 0 Å². The quantitative estimate of drug-likeness (QED) is 0.651. The average Bonchev–Trinajstić information content (AvgIpc) is 2.39. The lowest BCUT2D eigenvalue weighted by atomic mass is 10.1. The summed E-state index contributed by atoms with van der Waals surface area (Å²) in [6.07, 6.45) is 1.84. The summed E-state index contributed by atoms with van der Waals surface area (Å²) in [6, 6.07) is 9.38. The van der Waals surface area contributed by atoms with Gasteiger partial charge in [0, 0.05) is 35.4 Å². The number of hydrogen-bond acceptors (Lipinski definition) is 4. The molecule has 1 aromatic heterocycles. The van der Waals surface area contributed by atoms with Crippen molar-refractivity contribution in [1.82, 2.24) is 4.98 Å². The minimum Gasteiger partial charge on any atom is -0.398 e. The van der Waals surface area contributed by atoms with Crippen LogP contribution in [0.2, 0.25) is 0 Å². The molecule has 0 bridgehead atoms. The van der Waals surface area contributed by atoms with Crippen LogP contribution in [-0.4, -0.2) is 10.8 Å². The minimum atomic E-state index is -0.0295. The van der Waals surface area contributed by atoms with Gasteiger partial charge >= 0.3 is 0 Å². The highest BCUT2D eigenvalue weighted by Gasteiger charge is 2.05. The fourth-order valence-electron chi connectivity index (χ4n) is 1.78. The zero-order valence-corrected chi connectivity index (χ0v) is 11.1. The van der Waals surface area contributed by atoms with Gasteiger partial charge in [-0.25, -0.2) is 0 Å². The average molecular weight is 255 g/mol. The van der Waals surface area contributed by atoms with Crippen molar-refractivity contribution in [2.75, 3.05) is 11.1 Å². The Balaban J connectivity index is 2.09. The van der Waals surface area contributed by atoms with Crippen LogP contribution in [0.1, 0.15) is 28.5 Å². The molecule has 0 fully saturated rings. The molecule has 0 amide bonds. The van der Waals surface area contributed by atoms with E-state index in [0.29, 0.717) is 17.8 Å². The second-order valence-corrected chi connectivity index (χ2v) is 4.52. The smallest absolute Gasteiger partial charge is 0.161 e. The number of aryl methyl sites for hydroxylation is 1. The normalized spacial score (nSPS) is 10.2. The Morgan fingerprint density at radius 2 is 2.11 bits per heavy atom. The van der Waals surface area contributed by atoms with Crippen LogP contribution in [0, 0.1) is 6.92 Å². The van der Waals surface area contributed by atoms with Crippen LogP contribution in [0.3, 0.4) is 0 Å². The third kappa shape index (κ3) is 3.31. The molecular formula is C15H17N3O. The molecule has 3 N–H and O–H groups in total. The molecule has 0 saturated carbocycles. The monoisotopic (exact) mass is 255 g/mol. The summed E-state index contributed by atoms with van der Waals surface area (Å²) in [5.41, 5.74) is 9.77. The zero-order chi connectivity index (χ0) is 13.8. The van der Waals surface area contributed by atoms with Gasteiger partial charge in [-0.05, 0) is 43.7 Å². The Kier molecular flexibility index (Phi) is 3.80. The van der Waals surface area contributed by atoms with Gasteiger partial charge in [0.2, 0.25) is 0 Å². The molecule has 4 heteroatoms. The summed E-state index contributed by atoms with van der Waals surface area (Å²) in [4.78, 5) is 15.6. The summed E-state index contributed by atoms with van der Waals surface area (Å²) in [5.74, 6) is -0.0295. The number of nitrogens with zero attached hydrogens (tertiary/aromatic N) is 1. The molecular weight excluding hydrogens is 238 g/mol. The lowest BCUT2D eigenvalue weighted by Crippen LogP contribution is -2.04. The van der Waals surface area contributed by atoms with E-state index in [1.54, 1.807) is 12.1 Å². The molecule has 2 rings (SSSR count).